The van der Waals surface area contributed by atoms with E-state index in [4.69, 9.17) is 4.74 Å². The van der Waals surface area contributed by atoms with Crippen molar-refractivity contribution >= 4 is 15.9 Å². The summed E-state index contributed by atoms with van der Waals surface area (Å²) in [4.78, 5) is 0.347. The predicted molar refractivity (Wildman–Crippen MR) is 66.5 cm³/mol. The van der Waals surface area contributed by atoms with E-state index >= 15 is 0 Å². The minimum atomic E-state index is -0.638. The van der Waals surface area contributed by atoms with Crippen molar-refractivity contribution in [2.45, 2.75) is 37.6 Å². The minimum Gasteiger partial charge on any atom is -0.484 e. The van der Waals surface area contributed by atoms with Gasteiger partial charge in [0.15, 0.2) is 17.4 Å². The van der Waals surface area contributed by atoms with E-state index in [0.717, 1.165) is 12.8 Å². The second-order valence-electron chi connectivity index (χ2n) is 4.72. The Balaban J connectivity index is 2.18. The number of halogens is 3. The standard InChI is InChI=1S/C13H15BrF2O/c1-3-13(2)10(14)7-11(13)17-12-8(15)5-4-6-9(12)16/h4-6,10-11H,3,7H2,1-2H3. The van der Waals surface area contributed by atoms with Gasteiger partial charge >= 0.3 is 0 Å². The Morgan fingerprint density at radius 2 is 2.00 bits per heavy atom. The van der Waals surface area contributed by atoms with Crippen LogP contribution in [0.15, 0.2) is 18.2 Å². The van der Waals surface area contributed by atoms with Crippen LogP contribution in [0, 0.1) is 17.0 Å². The molecule has 17 heavy (non-hydrogen) atoms. The van der Waals surface area contributed by atoms with Crippen LogP contribution in [0.3, 0.4) is 0 Å². The summed E-state index contributed by atoms with van der Waals surface area (Å²) in [7, 11) is 0. The Morgan fingerprint density at radius 3 is 2.47 bits per heavy atom. The first-order chi connectivity index (χ1) is 7.99. The topological polar surface area (TPSA) is 9.23 Å². The predicted octanol–water partition coefficient (Wildman–Crippen LogP) is 4.30. The van der Waals surface area contributed by atoms with Crippen LogP contribution >= 0.6 is 15.9 Å². The first-order valence-electron chi connectivity index (χ1n) is 5.73. The monoisotopic (exact) mass is 304 g/mol. The molecule has 0 saturated heterocycles. The number of rotatable bonds is 3. The molecule has 1 nitrogen and oxygen atoms in total. The maximum Gasteiger partial charge on any atom is 0.191 e. The lowest BCUT2D eigenvalue weighted by molar-refractivity contribution is -0.0286. The zero-order chi connectivity index (χ0) is 12.6. The summed E-state index contributed by atoms with van der Waals surface area (Å²) in [5.41, 5.74) is -0.0608. The van der Waals surface area contributed by atoms with Gasteiger partial charge in [0.2, 0.25) is 0 Å². The molecule has 2 rings (SSSR count). The summed E-state index contributed by atoms with van der Waals surface area (Å²) in [6, 6.07) is 3.77. The van der Waals surface area contributed by atoms with Crippen LogP contribution < -0.4 is 4.74 Å². The molecule has 0 heterocycles. The highest BCUT2D eigenvalue weighted by Crippen LogP contribution is 2.50. The van der Waals surface area contributed by atoms with Crippen molar-refractivity contribution in [3.63, 3.8) is 0 Å². The third-order valence-electron chi connectivity index (χ3n) is 3.81. The fourth-order valence-corrected chi connectivity index (χ4v) is 3.09. The zero-order valence-corrected chi connectivity index (χ0v) is 11.4. The van der Waals surface area contributed by atoms with Gasteiger partial charge in [-0.15, -0.1) is 0 Å². The number of hydrogen-bond acceptors (Lipinski definition) is 1. The molecule has 1 aromatic carbocycles. The van der Waals surface area contributed by atoms with Gasteiger partial charge in [-0.1, -0.05) is 35.8 Å². The highest BCUT2D eigenvalue weighted by atomic mass is 79.9. The maximum atomic E-state index is 13.4. The normalized spacial score (nSPS) is 32.1. The quantitative estimate of drug-likeness (QED) is 0.757. The van der Waals surface area contributed by atoms with E-state index in [1.807, 2.05) is 0 Å². The second kappa shape index (κ2) is 4.56. The molecule has 0 N–H and O–H groups in total. The molecule has 1 aliphatic carbocycles. The summed E-state index contributed by atoms with van der Waals surface area (Å²) >= 11 is 3.57. The molecule has 94 valence electrons. The summed E-state index contributed by atoms with van der Waals surface area (Å²) in [6.07, 6.45) is 1.55. The van der Waals surface area contributed by atoms with Crippen LogP contribution in [-0.2, 0) is 0 Å². The average molecular weight is 305 g/mol. The van der Waals surface area contributed by atoms with Crippen LogP contribution in [0.1, 0.15) is 26.7 Å². The van der Waals surface area contributed by atoms with E-state index < -0.39 is 11.6 Å². The van der Waals surface area contributed by atoms with E-state index in [1.54, 1.807) is 0 Å². The molecular formula is C13H15BrF2O. The van der Waals surface area contributed by atoms with Gasteiger partial charge in [-0.2, -0.15) is 0 Å². The first-order valence-corrected chi connectivity index (χ1v) is 6.65. The second-order valence-corrected chi connectivity index (χ2v) is 5.83. The molecule has 0 aliphatic heterocycles. The van der Waals surface area contributed by atoms with Crippen molar-refractivity contribution < 1.29 is 13.5 Å². The van der Waals surface area contributed by atoms with E-state index in [1.165, 1.54) is 18.2 Å². The van der Waals surface area contributed by atoms with Gasteiger partial charge in [0.1, 0.15) is 6.10 Å². The Bertz CT molecular complexity index is 404. The molecule has 0 bridgehead atoms. The van der Waals surface area contributed by atoms with Crippen LogP contribution in [-0.4, -0.2) is 10.9 Å². The lowest BCUT2D eigenvalue weighted by atomic mass is 9.65. The van der Waals surface area contributed by atoms with Crippen LogP contribution in [0.2, 0.25) is 0 Å². The number of para-hydroxylation sites is 1. The molecule has 1 saturated carbocycles. The van der Waals surface area contributed by atoms with E-state index in [9.17, 15) is 8.78 Å². The van der Waals surface area contributed by atoms with Gasteiger partial charge in [0.05, 0.1) is 0 Å². The average Bonchev–Trinajstić information content (AvgIpc) is 2.31. The van der Waals surface area contributed by atoms with E-state index in [-0.39, 0.29) is 17.3 Å². The van der Waals surface area contributed by atoms with Crippen LogP contribution in [0.4, 0.5) is 8.78 Å². The highest BCUT2D eigenvalue weighted by Gasteiger charge is 2.51. The maximum absolute atomic E-state index is 13.4. The minimum absolute atomic E-state index is 0.0608. The van der Waals surface area contributed by atoms with Gasteiger partial charge < -0.3 is 4.74 Å². The third kappa shape index (κ3) is 2.07. The fraction of sp³-hybridized carbons (Fsp3) is 0.538. The van der Waals surface area contributed by atoms with Crippen molar-refractivity contribution in [2.75, 3.05) is 0 Å². The molecule has 0 spiro atoms. The summed E-state index contributed by atoms with van der Waals surface area (Å²) < 4.78 is 32.4. The molecule has 4 heteroatoms. The number of alkyl halides is 1. The number of benzene rings is 1. The highest BCUT2D eigenvalue weighted by molar-refractivity contribution is 9.09. The number of ether oxygens (including phenoxy) is 1. The summed E-state index contributed by atoms with van der Waals surface area (Å²) in [6.45, 7) is 4.13. The lowest BCUT2D eigenvalue weighted by Gasteiger charge is -2.50. The Labute approximate surface area is 108 Å². The van der Waals surface area contributed by atoms with Gasteiger partial charge in [-0.25, -0.2) is 8.78 Å². The molecule has 1 aliphatic rings. The molecule has 3 unspecified atom stereocenters. The van der Waals surface area contributed by atoms with Crippen molar-refractivity contribution in [1.29, 1.82) is 0 Å². The molecule has 1 aromatic rings. The molecule has 0 aromatic heterocycles. The van der Waals surface area contributed by atoms with Crippen molar-refractivity contribution in [2.24, 2.45) is 5.41 Å². The smallest absolute Gasteiger partial charge is 0.191 e. The summed E-state index contributed by atoms with van der Waals surface area (Å²) in [5, 5.41) is 0. The van der Waals surface area contributed by atoms with Crippen molar-refractivity contribution in [3.8, 4) is 5.75 Å². The number of hydrogen-bond donors (Lipinski definition) is 0. The Morgan fingerprint density at radius 1 is 1.41 bits per heavy atom. The van der Waals surface area contributed by atoms with Crippen LogP contribution in [0.5, 0.6) is 5.75 Å². The SMILES string of the molecule is CCC1(C)C(Br)CC1Oc1c(F)cccc1F. The van der Waals surface area contributed by atoms with Gasteiger partial charge in [-0.3, -0.25) is 0 Å². The molecule has 1 fully saturated rings. The largest absolute Gasteiger partial charge is 0.484 e. The first kappa shape index (κ1) is 12.8. The summed E-state index contributed by atoms with van der Waals surface area (Å²) in [5.74, 6) is -1.53. The van der Waals surface area contributed by atoms with E-state index in [0.29, 0.717) is 4.83 Å². The Kier molecular flexibility index (Phi) is 3.43. The third-order valence-corrected chi connectivity index (χ3v) is 5.23. The fourth-order valence-electron chi connectivity index (χ4n) is 2.14. The van der Waals surface area contributed by atoms with Gasteiger partial charge in [-0.05, 0) is 25.0 Å². The van der Waals surface area contributed by atoms with Crippen molar-refractivity contribution in [3.05, 3.63) is 29.8 Å². The van der Waals surface area contributed by atoms with Crippen LogP contribution in [0.25, 0.3) is 0 Å². The molecule has 0 amide bonds. The molecular weight excluding hydrogens is 290 g/mol. The molecule has 0 radical (unpaired) electrons. The van der Waals surface area contributed by atoms with E-state index in [2.05, 4.69) is 29.8 Å². The zero-order valence-electron chi connectivity index (χ0n) is 9.84. The van der Waals surface area contributed by atoms with Crippen molar-refractivity contribution in [1.82, 2.24) is 0 Å². The van der Waals surface area contributed by atoms with Gasteiger partial charge in [0.25, 0.3) is 0 Å². The lowest BCUT2D eigenvalue weighted by Crippen LogP contribution is -2.55. The molecule has 3 atom stereocenters. The van der Waals surface area contributed by atoms with Gasteiger partial charge in [0, 0.05) is 10.2 Å². The Hall–Kier alpha value is -0.640.